The van der Waals surface area contributed by atoms with Crippen LogP contribution in [0, 0.1) is 11.6 Å². The highest BCUT2D eigenvalue weighted by Crippen LogP contribution is 2.30. The van der Waals surface area contributed by atoms with Gasteiger partial charge in [0.2, 0.25) is 5.91 Å². The van der Waals surface area contributed by atoms with Gasteiger partial charge in [0.15, 0.2) is 11.6 Å². The molecule has 0 fully saturated rings. The first-order valence-corrected chi connectivity index (χ1v) is 8.78. The molecule has 0 saturated heterocycles. The highest BCUT2D eigenvalue weighted by Gasteiger charge is 2.28. The Bertz CT molecular complexity index is 757. The molecule has 1 aliphatic carbocycles. The minimum absolute atomic E-state index is 0.0572. The normalized spacial score (nSPS) is 16.5. The summed E-state index contributed by atoms with van der Waals surface area (Å²) in [6, 6.07) is 3.99. The molecule has 3 rings (SSSR count). The van der Waals surface area contributed by atoms with Gasteiger partial charge in [0, 0.05) is 25.4 Å². The van der Waals surface area contributed by atoms with Crippen LogP contribution in [0.15, 0.2) is 24.4 Å². The van der Waals surface area contributed by atoms with Gasteiger partial charge in [-0.2, -0.15) is 5.10 Å². The molecular weight excluding hydrogens is 324 g/mol. The SMILES string of the molecule is Cn1cc2c(n1)CCC[C@H]2C(=O)NCCCCc1ccc(F)c(F)c1. The zero-order valence-electron chi connectivity index (χ0n) is 14.4. The van der Waals surface area contributed by atoms with Gasteiger partial charge in [-0.1, -0.05) is 6.07 Å². The third-order valence-electron chi connectivity index (χ3n) is 4.71. The van der Waals surface area contributed by atoms with Crippen molar-refractivity contribution in [2.45, 2.75) is 44.4 Å². The molecule has 25 heavy (non-hydrogen) atoms. The van der Waals surface area contributed by atoms with Gasteiger partial charge in [0.1, 0.15) is 0 Å². The number of rotatable bonds is 6. The number of aryl methyl sites for hydroxylation is 3. The van der Waals surface area contributed by atoms with Crippen molar-refractivity contribution in [2.24, 2.45) is 7.05 Å². The number of hydrogen-bond acceptors (Lipinski definition) is 2. The number of fused-ring (bicyclic) bond motifs is 1. The van der Waals surface area contributed by atoms with Crippen molar-refractivity contribution in [3.8, 4) is 0 Å². The summed E-state index contributed by atoms with van der Waals surface area (Å²) in [6.45, 7) is 0.592. The fourth-order valence-corrected chi connectivity index (χ4v) is 3.42. The second-order valence-electron chi connectivity index (χ2n) is 6.65. The first-order valence-electron chi connectivity index (χ1n) is 8.78. The summed E-state index contributed by atoms with van der Waals surface area (Å²) in [5.74, 6) is -1.68. The highest BCUT2D eigenvalue weighted by atomic mass is 19.2. The molecule has 0 saturated carbocycles. The predicted molar refractivity (Wildman–Crippen MR) is 91.2 cm³/mol. The van der Waals surface area contributed by atoms with Crippen LogP contribution in [0.1, 0.15) is 48.4 Å². The van der Waals surface area contributed by atoms with E-state index in [1.54, 1.807) is 10.7 Å². The van der Waals surface area contributed by atoms with E-state index in [1.165, 1.54) is 6.07 Å². The summed E-state index contributed by atoms with van der Waals surface area (Å²) >= 11 is 0. The molecule has 1 N–H and O–H groups in total. The summed E-state index contributed by atoms with van der Waals surface area (Å²) in [4.78, 5) is 12.4. The van der Waals surface area contributed by atoms with E-state index in [0.29, 0.717) is 13.0 Å². The topological polar surface area (TPSA) is 46.9 Å². The van der Waals surface area contributed by atoms with E-state index in [-0.39, 0.29) is 11.8 Å². The van der Waals surface area contributed by atoms with Crippen LogP contribution < -0.4 is 5.32 Å². The van der Waals surface area contributed by atoms with Gasteiger partial charge in [-0.05, 0) is 56.2 Å². The number of carbonyl (C=O) groups is 1. The van der Waals surface area contributed by atoms with Crippen LogP contribution in [0.2, 0.25) is 0 Å². The lowest BCUT2D eigenvalue weighted by atomic mass is 9.86. The molecule has 1 aliphatic rings. The van der Waals surface area contributed by atoms with E-state index in [2.05, 4.69) is 10.4 Å². The molecule has 4 nitrogen and oxygen atoms in total. The minimum atomic E-state index is -0.821. The smallest absolute Gasteiger partial charge is 0.227 e. The summed E-state index contributed by atoms with van der Waals surface area (Å²) < 4.78 is 27.8. The Balaban J connectivity index is 1.43. The number of carbonyl (C=O) groups excluding carboxylic acids is 1. The van der Waals surface area contributed by atoms with E-state index in [0.717, 1.165) is 55.0 Å². The van der Waals surface area contributed by atoms with E-state index < -0.39 is 11.6 Å². The van der Waals surface area contributed by atoms with Gasteiger partial charge in [-0.25, -0.2) is 8.78 Å². The van der Waals surface area contributed by atoms with Crippen molar-refractivity contribution in [3.05, 3.63) is 52.9 Å². The van der Waals surface area contributed by atoms with Gasteiger partial charge < -0.3 is 5.32 Å². The molecule has 0 aliphatic heterocycles. The Kier molecular flexibility index (Phi) is 5.46. The maximum absolute atomic E-state index is 13.2. The molecule has 6 heteroatoms. The average molecular weight is 347 g/mol. The number of nitrogens with zero attached hydrogens (tertiary/aromatic N) is 2. The maximum atomic E-state index is 13.2. The number of aromatic nitrogens is 2. The van der Waals surface area contributed by atoms with Crippen LogP contribution in [0.3, 0.4) is 0 Å². The lowest BCUT2D eigenvalue weighted by Gasteiger charge is -2.20. The third kappa shape index (κ3) is 4.24. The van der Waals surface area contributed by atoms with Crippen LogP contribution in [0.4, 0.5) is 8.78 Å². The minimum Gasteiger partial charge on any atom is -0.356 e. The Hall–Kier alpha value is -2.24. The molecule has 0 unspecified atom stereocenters. The van der Waals surface area contributed by atoms with Crippen LogP contribution in [-0.4, -0.2) is 22.2 Å². The lowest BCUT2D eigenvalue weighted by Crippen LogP contribution is -2.31. The number of unbranched alkanes of at least 4 members (excludes halogenated alkanes) is 1. The number of hydrogen-bond donors (Lipinski definition) is 1. The second-order valence-corrected chi connectivity index (χ2v) is 6.65. The van der Waals surface area contributed by atoms with Gasteiger partial charge in [-0.3, -0.25) is 9.48 Å². The quantitative estimate of drug-likeness (QED) is 0.816. The van der Waals surface area contributed by atoms with E-state index in [1.807, 2.05) is 13.2 Å². The summed E-state index contributed by atoms with van der Waals surface area (Å²) in [5, 5.41) is 7.42. The van der Waals surface area contributed by atoms with E-state index >= 15 is 0 Å². The molecule has 1 heterocycles. The first kappa shape index (κ1) is 17.6. The number of halogens is 2. The number of benzene rings is 1. The van der Waals surface area contributed by atoms with Gasteiger partial charge >= 0.3 is 0 Å². The molecule has 1 atom stereocenters. The van der Waals surface area contributed by atoms with Crippen LogP contribution >= 0.6 is 0 Å². The Morgan fingerprint density at radius 3 is 2.96 bits per heavy atom. The van der Waals surface area contributed by atoms with E-state index in [9.17, 15) is 13.6 Å². The molecule has 2 aromatic rings. The molecule has 0 bridgehead atoms. The summed E-state index contributed by atoms with van der Waals surface area (Å²) in [5.41, 5.74) is 2.86. The van der Waals surface area contributed by atoms with Crippen molar-refractivity contribution in [1.82, 2.24) is 15.1 Å². The van der Waals surface area contributed by atoms with Crippen molar-refractivity contribution in [1.29, 1.82) is 0 Å². The summed E-state index contributed by atoms with van der Waals surface area (Å²) in [6.07, 6.45) is 7.02. The van der Waals surface area contributed by atoms with Crippen molar-refractivity contribution >= 4 is 5.91 Å². The van der Waals surface area contributed by atoms with E-state index in [4.69, 9.17) is 0 Å². The monoisotopic (exact) mass is 347 g/mol. The van der Waals surface area contributed by atoms with Gasteiger partial charge in [-0.15, -0.1) is 0 Å². The average Bonchev–Trinajstić information content (AvgIpc) is 2.97. The van der Waals surface area contributed by atoms with Crippen molar-refractivity contribution in [3.63, 3.8) is 0 Å². The molecule has 1 aromatic heterocycles. The first-order chi connectivity index (χ1) is 12.0. The predicted octanol–water partition coefficient (Wildman–Crippen LogP) is 3.26. The third-order valence-corrected chi connectivity index (χ3v) is 4.71. The second kappa shape index (κ2) is 7.76. The lowest BCUT2D eigenvalue weighted by molar-refractivity contribution is -0.122. The van der Waals surface area contributed by atoms with Crippen molar-refractivity contribution < 1.29 is 13.6 Å². The molecular formula is C19H23F2N3O. The molecule has 134 valence electrons. The molecule has 0 spiro atoms. The molecule has 0 radical (unpaired) electrons. The molecule has 1 amide bonds. The highest BCUT2D eigenvalue weighted by molar-refractivity contribution is 5.84. The van der Waals surface area contributed by atoms with Crippen molar-refractivity contribution in [2.75, 3.05) is 6.54 Å². The van der Waals surface area contributed by atoms with Gasteiger partial charge in [0.05, 0.1) is 11.6 Å². The fourth-order valence-electron chi connectivity index (χ4n) is 3.42. The van der Waals surface area contributed by atoms with Crippen LogP contribution in [-0.2, 0) is 24.7 Å². The standard InChI is InChI=1S/C19H23F2N3O/c1-24-12-15-14(6-4-7-18(15)23-24)19(25)22-10-3-2-5-13-8-9-16(20)17(21)11-13/h8-9,11-12,14H,2-7,10H2,1H3,(H,22,25)/t14-/m1/s1. The Morgan fingerprint density at radius 2 is 2.16 bits per heavy atom. The number of nitrogens with one attached hydrogen (secondary N) is 1. The fraction of sp³-hybridized carbons (Fsp3) is 0.474. The van der Waals surface area contributed by atoms with Gasteiger partial charge in [0.25, 0.3) is 0 Å². The Labute approximate surface area is 146 Å². The maximum Gasteiger partial charge on any atom is 0.227 e. The number of amides is 1. The zero-order chi connectivity index (χ0) is 17.8. The zero-order valence-corrected chi connectivity index (χ0v) is 14.4. The molecule has 1 aromatic carbocycles. The summed E-state index contributed by atoms with van der Waals surface area (Å²) in [7, 11) is 1.88. The van der Waals surface area contributed by atoms with Crippen LogP contribution in [0.5, 0.6) is 0 Å². The Morgan fingerprint density at radius 1 is 1.32 bits per heavy atom. The largest absolute Gasteiger partial charge is 0.356 e. The van der Waals surface area contributed by atoms with Crippen LogP contribution in [0.25, 0.3) is 0 Å².